The summed E-state index contributed by atoms with van der Waals surface area (Å²) in [5.41, 5.74) is 6.69. The van der Waals surface area contributed by atoms with Crippen molar-refractivity contribution >= 4 is 39.3 Å². The van der Waals surface area contributed by atoms with Crippen LogP contribution in [0.5, 0.6) is 0 Å². The zero-order chi connectivity index (χ0) is 17.5. The Morgan fingerprint density at radius 1 is 1.04 bits per heavy atom. The molecule has 0 bridgehead atoms. The number of halogens is 1. The first-order valence-electron chi connectivity index (χ1n) is 7.15. The van der Waals surface area contributed by atoms with E-state index in [0.717, 1.165) is 10.0 Å². The molecule has 7 heteroatoms. The van der Waals surface area contributed by atoms with Crippen LogP contribution in [-0.4, -0.2) is 24.3 Å². The predicted octanol–water partition coefficient (Wildman–Crippen LogP) is 1.85. The molecule has 0 spiro atoms. The first-order valence-corrected chi connectivity index (χ1v) is 7.94. The van der Waals surface area contributed by atoms with Gasteiger partial charge in [0.25, 0.3) is 5.91 Å². The van der Waals surface area contributed by atoms with E-state index < -0.39 is 11.8 Å². The summed E-state index contributed by atoms with van der Waals surface area (Å²) >= 11 is 3.36. The molecule has 124 valence electrons. The Morgan fingerprint density at radius 3 is 2.50 bits per heavy atom. The van der Waals surface area contributed by atoms with E-state index in [1.807, 2.05) is 24.3 Å². The molecule has 0 unspecified atom stereocenters. The van der Waals surface area contributed by atoms with Gasteiger partial charge in [-0.05, 0) is 35.9 Å². The van der Waals surface area contributed by atoms with Crippen molar-refractivity contribution in [1.29, 1.82) is 0 Å². The number of carbonyl (C=O) groups is 3. The molecule has 3 amide bonds. The van der Waals surface area contributed by atoms with Crippen LogP contribution in [0.2, 0.25) is 0 Å². The monoisotopic (exact) mass is 389 g/mol. The van der Waals surface area contributed by atoms with Crippen molar-refractivity contribution in [3.05, 3.63) is 64.1 Å². The quantitative estimate of drug-likeness (QED) is 0.702. The fourth-order valence-corrected chi connectivity index (χ4v) is 2.49. The largest absolute Gasteiger partial charge is 0.368 e. The van der Waals surface area contributed by atoms with Crippen LogP contribution in [0.1, 0.15) is 15.9 Å². The number of hydrogen-bond acceptors (Lipinski definition) is 3. The Bertz CT molecular complexity index is 777. The van der Waals surface area contributed by atoms with E-state index in [4.69, 9.17) is 5.73 Å². The molecule has 2 rings (SSSR count). The first kappa shape index (κ1) is 17.7. The van der Waals surface area contributed by atoms with Gasteiger partial charge in [-0.1, -0.05) is 34.1 Å². The van der Waals surface area contributed by atoms with Gasteiger partial charge in [-0.3, -0.25) is 14.4 Å². The van der Waals surface area contributed by atoms with E-state index in [0.29, 0.717) is 11.3 Å². The highest BCUT2D eigenvalue weighted by atomic mass is 79.9. The lowest BCUT2D eigenvalue weighted by atomic mass is 10.1. The maximum Gasteiger partial charge on any atom is 0.251 e. The number of hydrogen-bond donors (Lipinski definition) is 3. The van der Waals surface area contributed by atoms with Gasteiger partial charge in [-0.15, -0.1) is 0 Å². The van der Waals surface area contributed by atoms with Crippen LogP contribution in [-0.2, 0) is 16.0 Å². The number of nitrogens with two attached hydrogens (primary N) is 1. The minimum absolute atomic E-state index is 0.192. The summed E-state index contributed by atoms with van der Waals surface area (Å²) in [6, 6.07) is 13.9. The number of rotatable bonds is 6. The van der Waals surface area contributed by atoms with Crippen molar-refractivity contribution < 1.29 is 14.4 Å². The maximum atomic E-state index is 12.1. The van der Waals surface area contributed by atoms with Crippen LogP contribution in [0.15, 0.2) is 53.0 Å². The lowest BCUT2D eigenvalue weighted by Crippen LogP contribution is -2.33. The highest BCUT2D eigenvalue weighted by Gasteiger charge is 2.09. The molecule has 0 aliphatic rings. The number of nitrogens with one attached hydrogen (secondary N) is 2. The van der Waals surface area contributed by atoms with Gasteiger partial charge in [-0.25, -0.2) is 0 Å². The summed E-state index contributed by atoms with van der Waals surface area (Å²) in [7, 11) is 0. The molecule has 0 heterocycles. The zero-order valence-corrected chi connectivity index (χ0v) is 14.3. The third-order valence-corrected chi connectivity index (χ3v) is 3.58. The predicted molar refractivity (Wildman–Crippen MR) is 94.4 cm³/mol. The maximum absolute atomic E-state index is 12.1. The molecule has 0 aromatic heterocycles. The lowest BCUT2D eigenvalue weighted by Gasteiger charge is -2.08. The summed E-state index contributed by atoms with van der Waals surface area (Å²) in [4.78, 5) is 34.7. The van der Waals surface area contributed by atoms with E-state index in [-0.39, 0.29) is 18.9 Å². The average molecular weight is 390 g/mol. The third kappa shape index (κ3) is 5.51. The Morgan fingerprint density at radius 2 is 1.79 bits per heavy atom. The Hall–Kier alpha value is -2.67. The summed E-state index contributed by atoms with van der Waals surface area (Å²) in [6.07, 6.45) is 0.220. The summed E-state index contributed by atoms with van der Waals surface area (Å²) in [5, 5.41) is 5.14. The topological polar surface area (TPSA) is 101 Å². The van der Waals surface area contributed by atoms with Gasteiger partial charge in [0.1, 0.15) is 0 Å². The molecule has 6 nitrogen and oxygen atoms in total. The smallest absolute Gasteiger partial charge is 0.251 e. The molecule has 4 N–H and O–H groups in total. The van der Waals surface area contributed by atoms with Crippen molar-refractivity contribution in [1.82, 2.24) is 5.32 Å². The van der Waals surface area contributed by atoms with E-state index in [2.05, 4.69) is 26.6 Å². The van der Waals surface area contributed by atoms with E-state index in [9.17, 15) is 14.4 Å². The van der Waals surface area contributed by atoms with Crippen molar-refractivity contribution in [3.63, 3.8) is 0 Å². The molecule has 0 radical (unpaired) electrons. The van der Waals surface area contributed by atoms with E-state index in [1.54, 1.807) is 18.2 Å². The Balaban J connectivity index is 1.99. The summed E-state index contributed by atoms with van der Waals surface area (Å²) in [6.45, 7) is -0.238. The van der Waals surface area contributed by atoms with E-state index in [1.165, 1.54) is 6.07 Å². The minimum atomic E-state index is -0.623. The van der Waals surface area contributed by atoms with Crippen LogP contribution >= 0.6 is 15.9 Å². The zero-order valence-electron chi connectivity index (χ0n) is 12.7. The summed E-state index contributed by atoms with van der Waals surface area (Å²) < 4.78 is 0.904. The highest BCUT2D eigenvalue weighted by molar-refractivity contribution is 9.10. The number of carbonyl (C=O) groups excluding carboxylic acids is 3. The molecule has 0 aliphatic carbocycles. The van der Waals surface area contributed by atoms with Gasteiger partial charge in [0, 0.05) is 15.7 Å². The fraction of sp³-hybridized carbons (Fsp3) is 0.118. The fourth-order valence-electron chi connectivity index (χ4n) is 2.05. The van der Waals surface area contributed by atoms with Gasteiger partial charge < -0.3 is 16.4 Å². The molecular formula is C17H16BrN3O3. The number of benzene rings is 2. The average Bonchev–Trinajstić information content (AvgIpc) is 2.52. The van der Waals surface area contributed by atoms with Crippen molar-refractivity contribution in [2.24, 2.45) is 5.73 Å². The second kappa shape index (κ2) is 8.26. The van der Waals surface area contributed by atoms with Crippen molar-refractivity contribution in [2.75, 3.05) is 11.9 Å². The number of primary amides is 1. The summed E-state index contributed by atoms with van der Waals surface area (Å²) in [5.74, 6) is -1.25. The molecule has 0 fully saturated rings. The molecule has 2 aromatic rings. The molecule has 0 aliphatic heterocycles. The molecule has 0 saturated heterocycles. The lowest BCUT2D eigenvalue weighted by molar-refractivity contribution is -0.117. The van der Waals surface area contributed by atoms with Crippen LogP contribution in [0, 0.1) is 0 Å². The minimum Gasteiger partial charge on any atom is -0.368 e. The van der Waals surface area contributed by atoms with Crippen LogP contribution < -0.4 is 16.4 Å². The van der Waals surface area contributed by atoms with Gasteiger partial charge in [-0.2, -0.15) is 0 Å². The SMILES string of the molecule is NC(=O)CNC(=O)c1cccc(NC(=O)Cc2cccc(Br)c2)c1. The number of anilines is 1. The Labute approximate surface area is 147 Å². The van der Waals surface area contributed by atoms with Crippen LogP contribution in [0.25, 0.3) is 0 Å². The van der Waals surface area contributed by atoms with Gasteiger partial charge >= 0.3 is 0 Å². The van der Waals surface area contributed by atoms with Gasteiger partial charge in [0.2, 0.25) is 11.8 Å². The standard InChI is InChI=1S/C17H16BrN3O3/c18-13-5-1-3-11(7-13)8-16(23)21-14-6-2-4-12(9-14)17(24)20-10-15(19)22/h1-7,9H,8,10H2,(H2,19,22)(H,20,24)(H,21,23). The molecule has 2 aromatic carbocycles. The normalized spacial score (nSPS) is 10.0. The molecule has 0 saturated carbocycles. The second-order valence-electron chi connectivity index (χ2n) is 5.08. The number of amides is 3. The van der Waals surface area contributed by atoms with Crippen molar-refractivity contribution in [2.45, 2.75) is 6.42 Å². The van der Waals surface area contributed by atoms with Crippen LogP contribution in [0.4, 0.5) is 5.69 Å². The van der Waals surface area contributed by atoms with Crippen LogP contribution in [0.3, 0.4) is 0 Å². The van der Waals surface area contributed by atoms with Gasteiger partial charge in [0.05, 0.1) is 13.0 Å². The first-order chi connectivity index (χ1) is 11.4. The molecule has 0 atom stereocenters. The molecule has 24 heavy (non-hydrogen) atoms. The van der Waals surface area contributed by atoms with Gasteiger partial charge in [0.15, 0.2) is 0 Å². The Kier molecular flexibility index (Phi) is 6.08. The van der Waals surface area contributed by atoms with E-state index >= 15 is 0 Å². The second-order valence-corrected chi connectivity index (χ2v) is 6.00. The highest BCUT2D eigenvalue weighted by Crippen LogP contribution is 2.14. The van der Waals surface area contributed by atoms with Crippen molar-refractivity contribution in [3.8, 4) is 0 Å². The third-order valence-electron chi connectivity index (χ3n) is 3.09. The molecular weight excluding hydrogens is 374 g/mol.